The summed E-state index contributed by atoms with van der Waals surface area (Å²) in [5, 5.41) is 3.05. The Hall–Kier alpha value is -2.38. The van der Waals surface area contributed by atoms with Gasteiger partial charge in [0.15, 0.2) is 0 Å². The number of nitrogens with one attached hydrogen (secondary N) is 1. The van der Waals surface area contributed by atoms with E-state index in [-0.39, 0.29) is 23.3 Å². The van der Waals surface area contributed by atoms with Crippen molar-refractivity contribution in [3.8, 4) is 5.75 Å². The predicted molar refractivity (Wildman–Crippen MR) is 126 cm³/mol. The summed E-state index contributed by atoms with van der Waals surface area (Å²) >= 11 is 0. The van der Waals surface area contributed by atoms with Crippen molar-refractivity contribution in [2.24, 2.45) is 0 Å². The lowest BCUT2D eigenvalue weighted by Gasteiger charge is -2.26. The second-order valence-electron chi connectivity index (χ2n) is 8.59. The maximum Gasteiger partial charge on any atom is 0.243 e. The van der Waals surface area contributed by atoms with Gasteiger partial charge in [-0.05, 0) is 74.9 Å². The molecule has 0 spiro atoms. The quantitative estimate of drug-likeness (QED) is 0.640. The van der Waals surface area contributed by atoms with Crippen molar-refractivity contribution >= 4 is 15.9 Å². The molecule has 1 atom stereocenters. The van der Waals surface area contributed by atoms with Gasteiger partial charge in [0.05, 0.1) is 18.0 Å². The van der Waals surface area contributed by atoms with E-state index in [9.17, 15) is 13.2 Å². The Labute approximate surface area is 192 Å². The van der Waals surface area contributed by atoms with Crippen LogP contribution in [0.4, 0.5) is 0 Å². The highest BCUT2D eigenvalue weighted by atomic mass is 32.2. The number of hydrogen-bond donors (Lipinski definition) is 1. The van der Waals surface area contributed by atoms with Gasteiger partial charge in [0.25, 0.3) is 0 Å². The number of hydrogen-bond acceptors (Lipinski definition) is 4. The summed E-state index contributed by atoms with van der Waals surface area (Å²) in [6.45, 7) is 7.18. The van der Waals surface area contributed by atoms with Crippen LogP contribution in [0.1, 0.15) is 60.9 Å². The summed E-state index contributed by atoms with van der Waals surface area (Å²) in [6.07, 6.45) is 3.49. The van der Waals surface area contributed by atoms with Gasteiger partial charge in [-0.1, -0.05) is 30.2 Å². The third kappa shape index (κ3) is 5.70. The molecule has 0 radical (unpaired) electrons. The Morgan fingerprint density at radius 3 is 2.47 bits per heavy atom. The minimum Gasteiger partial charge on any atom is -0.496 e. The van der Waals surface area contributed by atoms with Crippen LogP contribution in [-0.2, 0) is 21.2 Å². The van der Waals surface area contributed by atoms with Crippen LogP contribution in [0.2, 0.25) is 0 Å². The Kier molecular flexibility index (Phi) is 7.96. The van der Waals surface area contributed by atoms with Crippen LogP contribution < -0.4 is 10.1 Å². The molecule has 0 aromatic heterocycles. The van der Waals surface area contributed by atoms with E-state index in [2.05, 4.69) is 11.4 Å². The molecule has 0 aliphatic carbocycles. The number of nitrogens with zero attached hydrogens (tertiary/aromatic N) is 1. The SMILES string of the molecule is COc1ccc(S(=O)(=O)N2CCCCC2)cc1CCC(=O)NC(C)c1ccc(C)cc1C. The lowest BCUT2D eigenvalue weighted by molar-refractivity contribution is -0.121. The van der Waals surface area contributed by atoms with Crippen LogP contribution in [0.25, 0.3) is 0 Å². The smallest absolute Gasteiger partial charge is 0.243 e. The number of piperidine rings is 1. The largest absolute Gasteiger partial charge is 0.496 e. The highest BCUT2D eigenvalue weighted by Gasteiger charge is 2.26. The lowest BCUT2D eigenvalue weighted by atomic mass is 10.00. The fraction of sp³-hybridized carbons (Fsp3) is 0.480. The first-order chi connectivity index (χ1) is 15.2. The van der Waals surface area contributed by atoms with Crippen molar-refractivity contribution in [1.82, 2.24) is 9.62 Å². The van der Waals surface area contributed by atoms with E-state index in [0.717, 1.165) is 36.0 Å². The fourth-order valence-corrected chi connectivity index (χ4v) is 5.88. The monoisotopic (exact) mass is 458 g/mol. The molecule has 1 fully saturated rings. The molecule has 0 saturated carbocycles. The second kappa shape index (κ2) is 10.5. The summed E-state index contributed by atoms with van der Waals surface area (Å²) < 4.78 is 33.1. The highest BCUT2D eigenvalue weighted by molar-refractivity contribution is 7.89. The summed E-state index contributed by atoms with van der Waals surface area (Å²) in [4.78, 5) is 12.9. The maximum atomic E-state index is 13.0. The van der Waals surface area contributed by atoms with Gasteiger partial charge >= 0.3 is 0 Å². The summed E-state index contributed by atoms with van der Waals surface area (Å²) in [6, 6.07) is 11.0. The van der Waals surface area contributed by atoms with E-state index in [4.69, 9.17) is 4.74 Å². The minimum atomic E-state index is -3.53. The molecule has 1 amide bonds. The zero-order valence-corrected chi connectivity index (χ0v) is 20.3. The van der Waals surface area contributed by atoms with Gasteiger partial charge in [-0.25, -0.2) is 8.42 Å². The molecule has 1 unspecified atom stereocenters. The Balaban J connectivity index is 1.69. The molecule has 174 valence electrons. The average Bonchev–Trinajstić information content (AvgIpc) is 2.77. The number of aryl methyl sites for hydroxylation is 3. The van der Waals surface area contributed by atoms with Crippen molar-refractivity contribution in [3.05, 3.63) is 58.7 Å². The highest BCUT2D eigenvalue weighted by Crippen LogP contribution is 2.27. The molecule has 6 nitrogen and oxygen atoms in total. The molecule has 32 heavy (non-hydrogen) atoms. The van der Waals surface area contributed by atoms with Crippen LogP contribution in [0, 0.1) is 13.8 Å². The van der Waals surface area contributed by atoms with E-state index in [1.807, 2.05) is 32.9 Å². The standard InChI is InChI=1S/C25H34N2O4S/c1-18-8-11-23(19(2)16-18)20(3)26-25(28)13-9-21-17-22(10-12-24(21)31-4)32(29,30)27-14-6-5-7-15-27/h8,10-12,16-17,20H,5-7,9,13-15H2,1-4H3,(H,26,28). The zero-order valence-electron chi connectivity index (χ0n) is 19.5. The van der Waals surface area contributed by atoms with Crippen LogP contribution >= 0.6 is 0 Å². The number of sulfonamides is 1. The fourth-order valence-electron chi connectivity index (χ4n) is 4.32. The number of rotatable bonds is 8. The number of carbonyl (C=O) groups is 1. The van der Waals surface area contributed by atoms with Crippen molar-refractivity contribution in [2.45, 2.75) is 63.8 Å². The summed E-state index contributed by atoms with van der Waals surface area (Å²) in [5.74, 6) is 0.515. The molecule has 1 aliphatic rings. The first kappa shape index (κ1) is 24.3. The Morgan fingerprint density at radius 1 is 1.09 bits per heavy atom. The van der Waals surface area contributed by atoms with Crippen LogP contribution in [0.3, 0.4) is 0 Å². The first-order valence-corrected chi connectivity index (χ1v) is 12.7. The van der Waals surface area contributed by atoms with Gasteiger partial charge < -0.3 is 10.1 Å². The van der Waals surface area contributed by atoms with E-state index in [1.54, 1.807) is 29.6 Å². The Bertz CT molecular complexity index is 1060. The molecule has 2 aromatic rings. The summed E-state index contributed by atoms with van der Waals surface area (Å²) in [7, 11) is -1.98. The van der Waals surface area contributed by atoms with Gasteiger partial charge in [0.2, 0.25) is 15.9 Å². The molecule has 1 saturated heterocycles. The lowest BCUT2D eigenvalue weighted by Crippen LogP contribution is -2.35. The average molecular weight is 459 g/mol. The van der Waals surface area contributed by atoms with Crippen molar-refractivity contribution < 1.29 is 17.9 Å². The molecule has 3 rings (SSSR count). The molecular formula is C25H34N2O4S. The number of carbonyl (C=O) groups excluding carboxylic acids is 1. The molecule has 7 heteroatoms. The topological polar surface area (TPSA) is 75.7 Å². The third-order valence-corrected chi connectivity index (χ3v) is 7.99. The number of amides is 1. The van der Waals surface area contributed by atoms with Crippen LogP contribution in [-0.4, -0.2) is 38.8 Å². The van der Waals surface area contributed by atoms with E-state index in [1.165, 1.54) is 5.56 Å². The maximum absolute atomic E-state index is 13.0. The van der Waals surface area contributed by atoms with Gasteiger partial charge in [-0.15, -0.1) is 0 Å². The molecule has 1 heterocycles. The van der Waals surface area contributed by atoms with Gasteiger partial charge in [0, 0.05) is 19.5 Å². The van der Waals surface area contributed by atoms with Gasteiger partial charge in [-0.2, -0.15) is 4.31 Å². The normalized spacial score (nSPS) is 15.9. The van der Waals surface area contributed by atoms with Crippen molar-refractivity contribution in [3.63, 3.8) is 0 Å². The van der Waals surface area contributed by atoms with E-state index in [0.29, 0.717) is 25.3 Å². The summed E-state index contributed by atoms with van der Waals surface area (Å²) in [5.41, 5.74) is 4.16. The molecule has 1 aliphatic heterocycles. The molecular weight excluding hydrogens is 424 g/mol. The molecule has 1 N–H and O–H groups in total. The van der Waals surface area contributed by atoms with Crippen molar-refractivity contribution in [1.29, 1.82) is 0 Å². The van der Waals surface area contributed by atoms with E-state index < -0.39 is 10.0 Å². The number of methoxy groups -OCH3 is 1. The van der Waals surface area contributed by atoms with Crippen LogP contribution in [0.15, 0.2) is 41.3 Å². The Morgan fingerprint density at radius 2 is 1.81 bits per heavy atom. The predicted octanol–water partition coefficient (Wildman–Crippen LogP) is 4.30. The molecule has 2 aromatic carbocycles. The molecule has 0 bridgehead atoms. The van der Waals surface area contributed by atoms with Crippen LogP contribution in [0.5, 0.6) is 5.75 Å². The van der Waals surface area contributed by atoms with E-state index >= 15 is 0 Å². The number of ether oxygens (including phenoxy) is 1. The number of benzene rings is 2. The van der Waals surface area contributed by atoms with Gasteiger partial charge in [-0.3, -0.25) is 4.79 Å². The first-order valence-electron chi connectivity index (χ1n) is 11.3. The third-order valence-electron chi connectivity index (χ3n) is 6.10. The second-order valence-corrected chi connectivity index (χ2v) is 10.5. The van der Waals surface area contributed by atoms with Gasteiger partial charge in [0.1, 0.15) is 5.75 Å². The zero-order chi connectivity index (χ0) is 23.3. The van der Waals surface area contributed by atoms with Crippen molar-refractivity contribution in [2.75, 3.05) is 20.2 Å². The minimum absolute atomic E-state index is 0.0798.